The largest absolute Gasteiger partial charge is 0.374 e. The zero-order chi connectivity index (χ0) is 11.3. The Morgan fingerprint density at radius 3 is 2.80 bits per heavy atom. The summed E-state index contributed by atoms with van der Waals surface area (Å²) in [5.74, 6) is -0.386. The van der Waals surface area contributed by atoms with Crippen LogP contribution in [0.2, 0.25) is 0 Å². The van der Waals surface area contributed by atoms with E-state index in [0.29, 0.717) is 17.4 Å². The second-order valence-corrected chi connectivity index (χ2v) is 3.50. The Morgan fingerprint density at radius 2 is 2.27 bits per heavy atom. The quantitative estimate of drug-likeness (QED) is 0.698. The van der Waals surface area contributed by atoms with E-state index in [2.05, 4.69) is 0 Å². The van der Waals surface area contributed by atoms with Gasteiger partial charge in [-0.05, 0) is 19.4 Å². The molecule has 0 aliphatic heterocycles. The van der Waals surface area contributed by atoms with Crippen molar-refractivity contribution in [2.24, 2.45) is 0 Å². The predicted molar refractivity (Wildman–Crippen MR) is 56.3 cm³/mol. The Labute approximate surface area is 89.1 Å². The molecule has 0 aliphatic carbocycles. The van der Waals surface area contributed by atoms with Gasteiger partial charge in [0.15, 0.2) is 0 Å². The third-order valence-corrected chi connectivity index (χ3v) is 2.31. The third-order valence-electron chi connectivity index (χ3n) is 2.31. The summed E-state index contributed by atoms with van der Waals surface area (Å²) in [6.45, 7) is 4.20. The van der Waals surface area contributed by atoms with E-state index in [9.17, 15) is 9.18 Å². The number of aldehydes is 1. The number of carbonyl (C=O) groups excluding carboxylic acids is 1. The monoisotopic (exact) mass is 210 g/mol. The summed E-state index contributed by atoms with van der Waals surface area (Å²) in [6.07, 6.45) is 1.64. The first-order valence-electron chi connectivity index (χ1n) is 5.02. The molecule has 0 aromatic heterocycles. The molecule has 1 aromatic carbocycles. The summed E-state index contributed by atoms with van der Waals surface area (Å²) >= 11 is 0. The van der Waals surface area contributed by atoms with Gasteiger partial charge in [-0.2, -0.15) is 0 Å². The van der Waals surface area contributed by atoms with Gasteiger partial charge in [0.2, 0.25) is 0 Å². The van der Waals surface area contributed by atoms with Crippen LogP contribution in [0.3, 0.4) is 0 Å². The number of benzene rings is 1. The van der Waals surface area contributed by atoms with Gasteiger partial charge in [0.25, 0.3) is 0 Å². The van der Waals surface area contributed by atoms with Crippen molar-refractivity contribution in [3.63, 3.8) is 0 Å². The molecular weight excluding hydrogens is 195 g/mol. The lowest BCUT2D eigenvalue weighted by Gasteiger charge is -2.11. The molecule has 3 heteroatoms. The number of carbonyl (C=O) groups is 1. The fourth-order valence-electron chi connectivity index (χ4n) is 1.10. The molecule has 0 bridgehead atoms. The van der Waals surface area contributed by atoms with Gasteiger partial charge in [-0.25, -0.2) is 4.39 Å². The molecule has 0 N–H and O–H groups in total. The topological polar surface area (TPSA) is 26.3 Å². The summed E-state index contributed by atoms with van der Waals surface area (Å²) in [5, 5.41) is 0. The Balaban J connectivity index is 2.65. The Morgan fingerprint density at radius 1 is 1.53 bits per heavy atom. The molecule has 0 radical (unpaired) electrons. The molecule has 1 rings (SSSR count). The highest BCUT2D eigenvalue weighted by Gasteiger charge is 2.05. The van der Waals surface area contributed by atoms with Crippen LogP contribution < -0.4 is 0 Å². The lowest BCUT2D eigenvalue weighted by molar-refractivity contribution is 0.0492. The van der Waals surface area contributed by atoms with E-state index in [1.54, 1.807) is 12.1 Å². The molecule has 0 unspecified atom stereocenters. The minimum absolute atomic E-state index is 0.121. The van der Waals surface area contributed by atoms with Gasteiger partial charge in [-0.3, -0.25) is 4.79 Å². The van der Waals surface area contributed by atoms with Crippen LogP contribution in [0, 0.1) is 5.82 Å². The number of hydrogen-bond donors (Lipinski definition) is 0. The van der Waals surface area contributed by atoms with Gasteiger partial charge in [0, 0.05) is 11.1 Å². The van der Waals surface area contributed by atoms with Gasteiger partial charge >= 0.3 is 0 Å². The highest BCUT2D eigenvalue weighted by Crippen LogP contribution is 2.12. The van der Waals surface area contributed by atoms with Gasteiger partial charge in [0.05, 0.1) is 12.7 Å². The van der Waals surface area contributed by atoms with Gasteiger partial charge in [-0.15, -0.1) is 0 Å². The standard InChI is InChI=1S/C12H15FO2/c1-3-9(2)15-8-11-5-4-10(7-14)6-12(11)13/h4-7,9H,3,8H2,1-2H3/t9-/m0/s1. The maximum absolute atomic E-state index is 13.4. The Hall–Kier alpha value is -1.22. The third kappa shape index (κ3) is 3.44. The SMILES string of the molecule is CC[C@H](C)OCc1ccc(C=O)cc1F. The predicted octanol–water partition coefficient (Wildman–Crippen LogP) is 2.95. The highest BCUT2D eigenvalue weighted by atomic mass is 19.1. The average molecular weight is 210 g/mol. The molecule has 0 saturated heterocycles. The van der Waals surface area contributed by atoms with E-state index in [1.807, 2.05) is 13.8 Å². The van der Waals surface area contributed by atoms with Crippen molar-refractivity contribution in [1.82, 2.24) is 0 Å². The molecular formula is C12H15FO2. The minimum Gasteiger partial charge on any atom is -0.374 e. The summed E-state index contributed by atoms with van der Waals surface area (Å²) in [7, 11) is 0. The molecule has 0 aliphatic rings. The normalized spacial score (nSPS) is 12.5. The van der Waals surface area contributed by atoms with E-state index in [4.69, 9.17) is 4.74 Å². The van der Waals surface area contributed by atoms with Crippen molar-refractivity contribution >= 4 is 6.29 Å². The Bertz CT molecular complexity index is 336. The fraction of sp³-hybridized carbons (Fsp3) is 0.417. The van der Waals surface area contributed by atoms with Crippen LogP contribution in [0.5, 0.6) is 0 Å². The molecule has 1 aromatic rings. The Kier molecular flexibility index (Phi) is 4.43. The lowest BCUT2D eigenvalue weighted by atomic mass is 10.1. The molecule has 0 saturated carbocycles. The summed E-state index contributed by atoms with van der Waals surface area (Å²) in [6, 6.07) is 4.40. The van der Waals surface area contributed by atoms with Crippen molar-refractivity contribution in [1.29, 1.82) is 0 Å². The van der Waals surface area contributed by atoms with Crippen molar-refractivity contribution in [2.45, 2.75) is 33.0 Å². The van der Waals surface area contributed by atoms with Gasteiger partial charge in [-0.1, -0.05) is 19.1 Å². The van der Waals surface area contributed by atoms with E-state index in [0.717, 1.165) is 6.42 Å². The second kappa shape index (κ2) is 5.61. The first-order valence-corrected chi connectivity index (χ1v) is 5.02. The molecule has 2 nitrogen and oxygen atoms in total. The van der Waals surface area contributed by atoms with Crippen molar-refractivity contribution in [2.75, 3.05) is 0 Å². The van der Waals surface area contributed by atoms with Gasteiger partial charge in [0.1, 0.15) is 12.1 Å². The van der Waals surface area contributed by atoms with Crippen LogP contribution in [0.25, 0.3) is 0 Å². The highest BCUT2D eigenvalue weighted by molar-refractivity contribution is 5.74. The summed E-state index contributed by atoms with van der Waals surface area (Å²) in [5.41, 5.74) is 0.834. The van der Waals surface area contributed by atoms with Crippen LogP contribution >= 0.6 is 0 Å². The zero-order valence-electron chi connectivity index (χ0n) is 9.00. The number of ether oxygens (including phenoxy) is 1. The zero-order valence-corrected chi connectivity index (χ0v) is 9.00. The number of hydrogen-bond acceptors (Lipinski definition) is 2. The number of rotatable bonds is 5. The summed E-state index contributed by atoms with van der Waals surface area (Å²) in [4.78, 5) is 10.4. The van der Waals surface area contributed by atoms with E-state index in [-0.39, 0.29) is 18.5 Å². The van der Waals surface area contributed by atoms with Crippen LogP contribution in [-0.4, -0.2) is 12.4 Å². The fourth-order valence-corrected chi connectivity index (χ4v) is 1.10. The van der Waals surface area contributed by atoms with E-state index < -0.39 is 0 Å². The minimum atomic E-state index is -0.386. The van der Waals surface area contributed by atoms with Crippen LogP contribution in [0.15, 0.2) is 18.2 Å². The second-order valence-electron chi connectivity index (χ2n) is 3.50. The first-order chi connectivity index (χ1) is 7.17. The molecule has 1 atom stereocenters. The van der Waals surface area contributed by atoms with Crippen molar-refractivity contribution in [3.8, 4) is 0 Å². The van der Waals surface area contributed by atoms with Crippen molar-refractivity contribution in [3.05, 3.63) is 35.1 Å². The molecule has 82 valence electrons. The number of halogens is 1. The van der Waals surface area contributed by atoms with Crippen LogP contribution in [0.4, 0.5) is 4.39 Å². The maximum atomic E-state index is 13.4. The van der Waals surface area contributed by atoms with E-state index in [1.165, 1.54) is 6.07 Å². The van der Waals surface area contributed by atoms with E-state index >= 15 is 0 Å². The molecule has 0 fully saturated rings. The van der Waals surface area contributed by atoms with Crippen LogP contribution in [0.1, 0.15) is 36.2 Å². The van der Waals surface area contributed by atoms with Crippen molar-refractivity contribution < 1.29 is 13.9 Å². The first kappa shape index (κ1) is 11.9. The van der Waals surface area contributed by atoms with Gasteiger partial charge < -0.3 is 4.74 Å². The average Bonchev–Trinajstić information content (AvgIpc) is 2.26. The lowest BCUT2D eigenvalue weighted by Crippen LogP contribution is -2.07. The smallest absolute Gasteiger partial charge is 0.150 e. The summed E-state index contributed by atoms with van der Waals surface area (Å²) < 4.78 is 18.8. The maximum Gasteiger partial charge on any atom is 0.150 e. The molecule has 0 heterocycles. The molecule has 0 spiro atoms. The molecule has 15 heavy (non-hydrogen) atoms. The van der Waals surface area contributed by atoms with Crippen LogP contribution in [-0.2, 0) is 11.3 Å². The molecule has 0 amide bonds.